The van der Waals surface area contributed by atoms with Gasteiger partial charge >= 0.3 is 0 Å². The Balaban J connectivity index is 3.47. The van der Waals surface area contributed by atoms with Crippen LogP contribution in [0.25, 0.3) is 0 Å². The molecule has 1 unspecified atom stereocenters. The Morgan fingerprint density at radius 3 is 2.30 bits per heavy atom. The number of hydrogen-bond donors (Lipinski definition) is 2. The van der Waals surface area contributed by atoms with Crippen LogP contribution in [0.3, 0.4) is 0 Å². The second kappa shape index (κ2) is 4.51. The summed E-state index contributed by atoms with van der Waals surface area (Å²) >= 11 is 2.37. The third kappa shape index (κ3) is 6.77. The first kappa shape index (κ1) is 10.7. The maximum absolute atomic E-state index is 5.64. The van der Waals surface area contributed by atoms with Gasteiger partial charge in [-0.25, -0.2) is 0 Å². The lowest BCUT2D eigenvalue weighted by atomic mass is 9.97. The molecule has 10 heavy (non-hydrogen) atoms. The second-order valence-electron chi connectivity index (χ2n) is 3.29. The van der Waals surface area contributed by atoms with Crippen LogP contribution >= 0.6 is 22.6 Å². The van der Waals surface area contributed by atoms with E-state index in [4.69, 9.17) is 11.5 Å². The molecule has 0 amide bonds. The highest BCUT2D eigenvalue weighted by Crippen LogP contribution is 2.13. The molecule has 0 heterocycles. The van der Waals surface area contributed by atoms with Gasteiger partial charge in [0.15, 0.2) is 0 Å². The van der Waals surface area contributed by atoms with E-state index in [0.29, 0.717) is 5.92 Å². The summed E-state index contributed by atoms with van der Waals surface area (Å²) in [7, 11) is 0. The summed E-state index contributed by atoms with van der Waals surface area (Å²) in [5, 5.41) is 0. The summed E-state index contributed by atoms with van der Waals surface area (Å²) in [5.41, 5.74) is 10.8. The van der Waals surface area contributed by atoms with Crippen LogP contribution in [0.4, 0.5) is 0 Å². The Labute approximate surface area is 76.9 Å². The van der Waals surface area contributed by atoms with Gasteiger partial charge < -0.3 is 11.5 Å². The van der Waals surface area contributed by atoms with Gasteiger partial charge in [0.2, 0.25) is 0 Å². The quantitative estimate of drug-likeness (QED) is 0.454. The van der Waals surface area contributed by atoms with Gasteiger partial charge in [-0.1, -0.05) is 29.5 Å². The van der Waals surface area contributed by atoms with Crippen molar-refractivity contribution in [2.75, 3.05) is 4.43 Å². The van der Waals surface area contributed by atoms with E-state index in [-0.39, 0.29) is 0 Å². The van der Waals surface area contributed by atoms with E-state index in [1.807, 2.05) is 6.92 Å². The Morgan fingerprint density at radius 2 is 2.00 bits per heavy atom. The van der Waals surface area contributed by atoms with Gasteiger partial charge in [-0.15, -0.1) is 0 Å². The van der Waals surface area contributed by atoms with Crippen molar-refractivity contribution in [2.24, 2.45) is 17.4 Å². The molecule has 0 aromatic heterocycles. The fourth-order valence-corrected chi connectivity index (χ4v) is 2.10. The first-order valence-corrected chi connectivity index (χ1v) is 5.12. The minimum absolute atomic E-state index is 0.481. The van der Waals surface area contributed by atoms with Gasteiger partial charge in [0.25, 0.3) is 0 Å². The molecule has 4 N–H and O–H groups in total. The van der Waals surface area contributed by atoms with Gasteiger partial charge in [-0.3, -0.25) is 0 Å². The molecule has 0 radical (unpaired) electrons. The fraction of sp³-hybridized carbons (Fsp3) is 1.00. The topological polar surface area (TPSA) is 52.0 Å². The average Bonchev–Trinajstić information content (AvgIpc) is 1.59. The predicted molar refractivity (Wildman–Crippen MR) is 54.1 cm³/mol. The first-order valence-electron chi connectivity index (χ1n) is 3.59. The molecule has 0 saturated carbocycles. The summed E-state index contributed by atoms with van der Waals surface area (Å²) in [4.78, 5) is 0. The highest BCUT2D eigenvalue weighted by atomic mass is 127. The van der Waals surface area contributed by atoms with Crippen LogP contribution in [0, 0.1) is 5.92 Å². The smallest absolute Gasteiger partial charge is 0.0610 e. The van der Waals surface area contributed by atoms with Crippen molar-refractivity contribution in [1.82, 2.24) is 0 Å². The predicted octanol–water partition coefficient (Wildman–Crippen LogP) is 1.47. The van der Waals surface area contributed by atoms with E-state index < -0.39 is 5.66 Å². The molecule has 0 saturated heterocycles. The van der Waals surface area contributed by atoms with Crippen molar-refractivity contribution in [3.05, 3.63) is 0 Å². The van der Waals surface area contributed by atoms with Crippen LogP contribution in [0.1, 0.15) is 26.7 Å². The molecule has 1 atom stereocenters. The third-order valence-corrected chi connectivity index (χ3v) is 2.01. The molecule has 0 bridgehead atoms. The standard InChI is InChI=1S/C7H17IN2/c1-6(3-4-8)5-7(2,9)10/h6H,3-5,9-10H2,1-2H3. The molecular weight excluding hydrogens is 239 g/mol. The lowest BCUT2D eigenvalue weighted by Gasteiger charge is -2.22. The number of halogens is 1. The van der Waals surface area contributed by atoms with E-state index in [1.165, 1.54) is 10.8 Å². The Morgan fingerprint density at radius 1 is 1.50 bits per heavy atom. The summed E-state index contributed by atoms with van der Waals surface area (Å²) < 4.78 is 1.19. The number of rotatable bonds is 4. The molecular formula is C7H17IN2. The zero-order valence-corrected chi connectivity index (χ0v) is 8.89. The van der Waals surface area contributed by atoms with Crippen molar-refractivity contribution in [1.29, 1.82) is 0 Å². The molecule has 0 fully saturated rings. The van der Waals surface area contributed by atoms with Crippen LogP contribution in [-0.2, 0) is 0 Å². The minimum atomic E-state index is -0.481. The SMILES string of the molecule is CC(CCI)CC(C)(N)N. The normalized spacial score (nSPS) is 15.3. The fourth-order valence-electron chi connectivity index (χ4n) is 1.04. The van der Waals surface area contributed by atoms with Crippen molar-refractivity contribution >= 4 is 22.6 Å². The van der Waals surface area contributed by atoms with Crippen molar-refractivity contribution < 1.29 is 0 Å². The van der Waals surface area contributed by atoms with Crippen molar-refractivity contribution in [3.63, 3.8) is 0 Å². The van der Waals surface area contributed by atoms with Crippen molar-refractivity contribution in [3.8, 4) is 0 Å². The van der Waals surface area contributed by atoms with E-state index >= 15 is 0 Å². The molecule has 0 rings (SSSR count). The zero-order chi connectivity index (χ0) is 8.20. The Hall–Kier alpha value is 0.650. The lowest BCUT2D eigenvalue weighted by Crippen LogP contribution is -2.47. The molecule has 0 aliphatic rings. The summed E-state index contributed by atoms with van der Waals surface area (Å²) in [5.74, 6) is 0.650. The van der Waals surface area contributed by atoms with Crippen LogP contribution in [0.5, 0.6) is 0 Å². The number of hydrogen-bond acceptors (Lipinski definition) is 2. The molecule has 0 aliphatic heterocycles. The molecule has 0 aromatic rings. The monoisotopic (exact) mass is 256 g/mol. The third-order valence-electron chi connectivity index (χ3n) is 1.39. The van der Waals surface area contributed by atoms with E-state index in [0.717, 1.165) is 6.42 Å². The van der Waals surface area contributed by atoms with Crippen LogP contribution in [0.15, 0.2) is 0 Å². The maximum Gasteiger partial charge on any atom is 0.0610 e. The zero-order valence-electron chi connectivity index (χ0n) is 6.73. The average molecular weight is 256 g/mol. The maximum atomic E-state index is 5.64. The molecule has 0 spiro atoms. The molecule has 2 nitrogen and oxygen atoms in total. The van der Waals surface area contributed by atoms with Crippen LogP contribution in [0.2, 0.25) is 0 Å². The Kier molecular flexibility index (Phi) is 4.81. The highest BCUT2D eigenvalue weighted by molar-refractivity contribution is 14.1. The van der Waals surface area contributed by atoms with E-state index in [9.17, 15) is 0 Å². The molecule has 0 aromatic carbocycles. The first-order chi connectivity index (χ1) is 4.45. The number of alkyl halides is 1. The summed E-state index contributed by atoms with van der Waals surface area (Å²) in [6.45, 7) is 4.06. The van der Waals surface area contributed by atoms with Gasteiger partial charge in [-0.05, 0) is 30.1 Å². The Bertz CT molecular complexity index is 88.1. The highest BCUT2D eigenvalue weighted by Gasteiger charge is 2.14. The van der Waals surface area contributed by atoms with Crippen LogP contribution < -0.4 is 11.5 Å². The van der Waals surface area contributed by atoms with Gasteiger partial charge in [0, 0.05) is 0 Å². The minimum Gasteiger partial charge on any atom is -0.314 e. The van der Waals surface area contributed by atoms with E-state index in [2.05, 4.69) is 29.5 Å². The van der Waals surface area contributed by atoms with E-state index in [1.54, 1.807) is 0 Å². The van der Waals surface area contributed by atoms with Gasteiger partial charge in [0.05, 0.1) is 5.66 Å². The molecule has 3 heteroatoms. The molecule has 0 aliphatic carbocycles. The second-order valence-corrected chi connectivity index (χ2v) is 4.37. The largest absolute Gasteiger partial charge is 0.314 e. The summed E-state index contributed by atoms with van der Waals surface area (Å²) in [6, 6.07) is 0. The lowest BCUT2D eigenvalue weighted by molar-refractivity contribution is 0.360. The number of nitrogens with two attached hydrogens (primary N) is 2. The molecule has 62 valence electrons. The van der Waals surface area contributed by atoms with Crippen molar-refractivity contribution in [2.45, 2.75) is 32.4 Å². The summed E-state index contributed by atoms with van der Waals surface area (Å²) in [6.07, 6.45) is 2.13. The van der Waals surface area contributed by atoms with Gasteiger partial charge in [-0.2, -0.15) is 0 Å². The van der Waals surface area contributed by atoms with Crippen LogP contribution in [-0.4, -0.2) is 10.1 Å². The van der Waals surface area contributed by atoms with Gasteiger partial charge in [0.1, 0.15) is 0 Å².